The number of furan rings is 1. The highest BCUT2D eigenvalue weighted by Crippen LogP contribution is 2.41. The average molecular weight is 732 g/mol. The van der Waals surface area contributed by atoms with Crippen LogP contribution in [0.5, 0.6) is 0 Å². The van der Waals surface area contributed by atoms with Gasteiger partial charge in [0.1, 0.15) is 11.2 Å². The summed E-state index contributed by atoms with van der Waals surface area (Å²) in [6.07, 6.45) is 6.37. The fourth-order valence-electron chi connectivity index (χ4n) is 8.87. The molecule has 12 rings (SSSR count). The van der Waals surface area contributed by atoms with E-state index in [1.165, 1.54) is 38.5 Å². The fourth-order valence-corrected chi connectivity index (χ4v) is 8.87. The molecule has 0 atom stereocenters. The van der Waals surface area contributed by atoms with Crippen LogP contribution in [0.4, 0.5) is 0 Å². The first-order chi connectivity index (χ1) is 28.3. The molecule has 268 valence electrons. The van der Waals surface area contributed by atoms with Gasteiger partial charge in [0.15, 0.2) is 11.6 Å². The molecule has 1 aliphatic carbocycles. The molecule has 0 fully saturated rings. The van der Waals surface area contributed by atoms with E-state index < -0.39 is 0 Å². The second kappa shape index (κ2) is 12.5. The molecule has 0 unspecified atom stereocenters. The van der Waals surface area contributed by atoms with E-state index in [0.29, 0.717) is 17.6 Å². The van der Waals surface area contributed by atoms with Crippen molar-refractivity contribution in [2.75, 3.05) is 0 Å². The van der Waals surface area contributed by atoms with Crippen LogP contribution < -0.4 is 0 Å². The molecule has 0 aliphatic heterocycles. The molecule has 4 aromatic heterocycles. The highest BCUT2D eigenvalue weighted by atomic mass is 16.3. The second-order valence-electron chi connectivity index (χ2n) is 14.7. The lowest BCUT2D eigenvalue weighted by Gasteiger charge is -2.14. The molecule has 6 heteroatoms. The van der Waals surface area contributed by atoms with Crippen molar-refractivity contribution in [3.8, 4) is 45.5 Å². The van der Waals surface area contributed by atoms with Crippen LogP contribution in [-0.2, 0) is 6.42 Å². The molecule has 11 aromatic rings. The number of para-hydroxylation sites is 3. The Morgan fingerprint density at radius 2 is 1.16 bits per heavy atom. The highest BCUT2D eigenvalue weighted by molar-refractivity contribution is 6.15. The van der Waals surface area contributed by atoms with Crippen molar-refractivity contribution in [3.05, 3.63) is 181 Å². The Morgan fingerprint density at radius 3 is 2.04 bits per heavy atom. The zero-order chi connectivity index (χ0) is 37.5. The van der Waals surface area contributed by atoms with Crippen LogP contribution in [0.2, 0.25) is 0 Å². The first-order valence-electron chi connectivity index (χ1n) is 19.4. The summed E-state index contributed by atoms with van der Waals surface area (Å²) in [6.45, 7) is 0. The minimum atomic E-state index is 0.571. The van der Waals surface area contributed by atoms with Gasteiger partial charge in [0.05, 0.1) is 22.1 Å². The normalized spacial score (nSPS) is 12.7. The van der Waals surface area contributed by atoms with Gasteiger partial charge in [-0.1, -0.05) is 133 Å². The molecule has 0 N–H and O–H groups in total. The third-order valence-corrected chi connectivity index (χ3v) is 11.4. The lowest BCUT2D eigenvalue weighted by atomic mass is 10.0. The average Bonchev–Trinajstić information content (AvgIpc) is 3.93. The standard InChI is InChI=1S/C51H33N5O/c1-3-15-32(16-4-1)34-19-13-20-35(29-34)55-43-26-10-7-21-36(43)41-31-46-42(30-45(41)55)37-22-8-11-27-44(37)56(46)51-53-49(33-17-5-2-6-18-33)52-50(54-51)40-25-14-24-39-38-23-9-12-28-47(38)57-48(39)40/h1-10,12-26,28-31H,11,27H2. The molecule has 0 spiro atoms. The maximum Gasteiger partial charge on any atom is 0.238 e. The Morgan fingerprint density at radius 1 is 0.474 bits per heavy atom. The number of benzene rings is 7. The number of fused-ring (bicyclic) bond motifs is 9. The van der Waals surface area contributed by atoms with Gasteiger partial charge in [-0.05, 0) is 66.4 Å². The van der Waals surface area contributed by atoms with E-state index in [2.05, 4.69) is 149 Å². The molecule has 0 bridgehead atoms. The highest BCUT2D eigenvalue weighted by Gasteiger charge is 2.25. The molecule has 0 saturated heterocycles. The topological polar surface area (TPSA) is 61.7 Å². The summed E-state index contributed by atoms with van der Waals surface area (Å²) in [5.74, 6) is 1.77. The van der Waals surface area contributed by atoms with Gasteiger partial charge in [-0.15, -0.1) is 0 Å². The van der Waals surface area contributed by atoms with Crippen molar-refractivity contribution in [2.24, 2.45) is 0 Å². The van der Waals surface area contributed by atoms with Gasteiger partial charge in [-0.2, -0.15) is 9.97 Å². The monoisotopic (exact) mass is 731 g/mol. The van der Waals surface area contributed by atoms with E-state index >= 15 is 0 Å². The summed E-state index contributed by atoms with van der Waals surface area (Å²) in [4.78, 5) is 15.7. The number of hydrogen-bond donors (Lipinski definition) is 0. The minimum absolute atomic E-state index is 0.571. The molecule has 0 amide bonds. The SMILES string of the molecule is C1=Cc2c(n(-c3nc(-c4ccccc4)nc(-c4cccc5c4oc4ccccc45)n3)c3cc4c5ccccc5n(-c5cccc(-c6ccccc6)c5)c4cc23)CC1. The molecule has 57 heavy (non-hydrogen) atoms. The number of nitrogens with zero attached hydrogens (tertiary/aromatic N) is 5. The molecule has 1 aliphatic rings. The first-order valence-corrected chi connectivity index (χ1v) is 19.4. The van der Waals surface area contributed by atoms with E-state index in [4.69, 9.17) is 19.4 Å². The molecular weight excluding hydrogens is 699 g/mol. The zero-order valence-electron chi connectivity index (χ0n) is 30.8. The predicted octanol–water partition coefficient (Wildman–Crippen LogP) is 12.8. The molecule has 0 saturated carbocycles. The maximum atomic E-state index is 6.52. The second-order valence-corrected chi connectivity index (χ2v) is 14.7. The van der Waals surface area contributed by atoms with Crippen molar-refractivity contribution >= 4 is 60.7 Å². The molecule has 7 aromatic carbocycles. The first kappa shape index (κ1) is 31.7. The summed E-state index contributed by atoms with van der Waals surface area (Å²) in [5, 5.41) is 5.64. The van der Waals surface area contributed by atoms with Crippen LogP contribution in [0.15, 0.2) is 174 Å². The predicted molar refractivity (Wildman–Crippen MR) is 232 cm³/mol. The van der Waals surface area contributed by atoms with Crippen LogP contribution in [0.25, 0.3) is 106 Å². The largest absolute Gasteiger partial charge is 0.455 e. The van der Waals surface area contributed by atoms with E-state index in [1.54, 1.807) is 0 Å². The van der Waals surface area contributed by atoms with E-state index in [-0.39, 0.29) is 0 Å². The smallest absolute Gasteiger partial charge is 0.238 e. The maximum absolute atomic E-state index is 6.52. The van der Waals surface area contributed by atoms with E-state index in [9.17, 15) is 0 Å². The Balaban J connectivity index is 1.13. The molecule has 4 heterocycles. The summed E-state index contributed by atoms with van der Waals surface area (Å²) in [7, 11) is 0. The van der Waals surface area contributed by atoms with Gasteiger partial charge >= 0.3 is 0 Å². The molecule has 0 radical (unpaired) electrons. The lowest BCUT2D eigenvalue weighted by Crippen LogP contribution is -2.10. The number of allylic oxidation sites excluding steroid dienone is 1. The van der Waals surface area contributed by atoms with Gasteiger partial charge in [0.25, 0.3) is 0 Å². The summed E-state index contributed by atoms with van der Waals surface area (Å²) in [5.41, 5.74) is 12.7. The van der Waals surface area contributed by atoms with Gasteiger partial charge in [-0.25, -0.2) is 4.98 Å². The number of rotatable bonds is 5. The number of hydrogen-bond acceptors (Lipinski definition) is 4. The third kappa shape index (κ3) is 4.94. The van der Waals surface area contributed by atoms with Crippen molar-refractivity contribution in [2.45, 2.75) is 12.8 Å². The Kier molecular flexibility index (Phi) is 6.95. The number of aromatic nitrogens is 5. The molecular formula is C51H33N5O. The Hall–Kier alpha value is -7.57. The quantitative estimate of drug-likeness (QED) is 0.177. The Bertz CT molecular complexity index is 3410. The van der Waals surface area contributed by atoms with E-state index in [1.807, 2.05) is 36.4 Å². The van der Waals surface area contributed by atoms with Crippen molar-refractivity contribution < 1.29 is 4.42 Å². The van der Waals surface area contributed by atoms with Crippen molar-refractivity contribution in [1.82, 2.24) is 24.1 Å². The van der Waals surface area contributed by atoms with E-state index in [0.717, 1.165) is 68.1 Å². The Labute approximate surface area is 327 Å². The summed E-state index contributed by atoms with van der Waals surface area (Å²) < 4.78 is 11.2. The van der Waals surface area contributed by atoms with Crippen LogP contribution in [0.1, 0.15) is 17.7 Å². The lowest BCUT2D eigenvalue weighted by molar-refractivity contribution is 0.669. The fraction of sp³-hybridized carbons (Fsp3) is 0.0392. The van der Waals surface area contributed by atoms with Gasteiger partial charge in [0.2, 0.25) is 5.95 Å². The van der Waals surface area contributed by atoms with Gasteiger partial charge in [0, 0.05) is 49.4 Å². The zero-order valence-corrected chi connectivity index (χ0v) is 30.8. The summed E-state index contributed by atoms with van der Waals surface area (Å²) >= 11 is 0. The van der Waals surface area contributed by atoms with Crippen molar-refractivity contribution in [1.29, 1.82) is 0 Å². The van der Waals surface area contributed by atoms with Crippen LogP contribution in [0.3, 0.4) is 0 Å². The van der Waals surface area contributed by atoms with Crippen molar-refractivity contribution in [3.63, 3.8) is 0 Å². The minimum Gasteiger partial charge on any atom is -0.455 e. The molecule has 6 nitrogen and oxygen atoms in total. The van der Waals surface area contributed by atoms with Crippen LogP contribution in [-0.4, -0.2) is 24.1 Å². The third-order valence-electron chi connectivity index (χ3n) is 11.4. The van der Waals surface area contributed by atoms with Crippen LogP contribution >= 0.6 is 0 Å². The van der Waals surface area contributed by atoms with Gasteiger partial charge in [-0.3, -0.25) is 4.57 Å². The van der Waals surface area contributed by atoms with Crippen LogP contribution in [0, 0.1) is 0 Å². The van der Waals surface area contributed by atoms with Gasteiger partial charge < -0.3 is 8.98 Å². The summed E-state index contributed by atoms with van der Waals surface area (Å²) in [6, 6.07) is 57.4.